The van der Waals surface area contributed by atoms with Crippen LogP contribution in [0.1, 0.15) is 25.0 Å². The number of hydrogen-bond acceptors (Lipinski definition) is 2. The van der Waals surface area contributed by atoms with Crippen LogP contribution < -0.4 is 11.1 Å². The van der Waals surface area contributed by atoms with Gasteiger partial charge >= 0.3 is 6.03 Å². The van der Waals surface area contributed by atoms with E-state index >= 15 is 0 Å². The minimum Gasteiger partial charge on any atom is -0.334 e. The molecule has 0 spiro atoms. The number of carbonyl (C=O) groups is 1. The summed E-state index contributed by atoms with van der Waals surface area (Å²) in [6.45, 7) is 6.21. The second-order valence-corrected chi connectivity index (χ2v) is 4.04. The molecule has 4 heteroatoms. The van der Waals surface area contributed by atoms with Crippen molar-refractivity contribution in [3.8, 4) is 11.8 Å². The van der Waals surface area contributed by atoms with E-state index in [1.807, 2.05) is 38.1 Å². The normalized spacial score (nSPS) is 9.42. The number of benzene rings is 1. The predicted molar refractivity (Wildman–Crippen MR) is 77.5 cm³/mol. The quantitative estimate of drug-likeness (QED) is 0.806. The summed E-state index contributed by atoms with van der Waals surface area (Å²) in [5.41, 5.74) is 7.29. The fraction of sp³-hybridized carbons (Fsp3) is 0.400. The molecule has 4 nitrogen and oxygen atoms in total. The van der Waals surface area contributed by atoms with Crippen LogP contribution in [0.5, 0.6) is 0 Å². The second-order valence-electron chi connectivity index (χ2n) is 4.04. The van der Waals surface area contributed by atoms with Gasteiger partial charge in [0.05, 0.1) is 6.54 Å². The molecule has 0 saturated carbocycles. The Bertz CT molecular complexity index is 470. The summed E-state index contributed by atoms with van der Waals surface area (Å²) in [6.07, 6.45) is 0. The highest BCUT2D eigenvalue weighted by atomic mass is 16.2. The second kappa shape index (κ2) is 8.17. The molecule has 0 fully saturated rings. The molecule has 1 aromatic rings. The number of amides is 2. The molecule has 0 heterocycles. The zero-order chi connectivity index (χ0) is 14.1. The zero-order valence-electron chi connectivity index (χ0n) is 11.6. The smallest absolute Gasteiger partial charge is 0.317 e. The van der Waals surface area contributed by atoms with Crippen LogP contribution in [0, 0.1) is 11.8 Å². The third kappa shape index (κ3) is 5.02. The van der Waals surface area contributed by atoms with Crippen molar-refractivity contribution in [3.63, 3.8) is 0 Å². The molecule has 0 unspecified atom stereocenters. The van der Waals surface area contributed by atoms with Crippen molar-refractivity contribution >= 4 is 6.03 Å². The van der Waals surface area contributed by atoms with Gasteiger partial charge in [-0.3, -0.25) is 0 Å². The van der Waals surface area contributed by atoms with E-state index in [-0.39, 0.29) is 6.03 Å². The Morgan fingerprint density at radius 3 is 2.74 bits per heavy atom. The van der Waals surface area contributed by atoms with E-state index in [1.54, 1.807) is 4.90 Å². The maximum atomic E-state index is 11.8. The van der Waals surface area contributed by atoms with Gasteiger partial charge < -0.3 is 16.0 Å². The molecule has 0 saturated heterocycles. The Labute approximate surface area is 115 Å². The van der Waals surface area contributed by atoms with Crippen LogP contribution in [0.4, 0.5) is 4.79 Å². The molecule has 0 radical (unpaired) electrons. The van der Waals surface area contributed by atoms with Crippen molar-refractivity contribution in [2.24, 2.45) is 5.73 Å². The highest BCUT2D eigenvalue weighted by molar-refractivity contribution is 5.74. The van der Waals surface area contributed by atoms with Crippen LogP contribution in [0.3, 0.4) is 0 Å². The number of urea groups is 1. The van der Waals surface area contributed by atoms with Gasteiger partial charge in [0.25, 0.3) is 0 Å². The van der Waals surface area contributed by atoms with Crippen LogP contribution in [-0.4, -0.2) is 30.6 Å². The van der Waals surface area contributed by atoms with E-state index in [0.29, 0.717) is 26.2 Å². The van der Waals surface area contributed by atoms with Gasteiger partial charge in [-0.05, 0) is 31.5 Å². The van der Waals surface area contributed by atoms with Gasteiger partial charge in [0.2, 0.25) is 0 Å². The van der Waals surface area contributed by atoms with Gasteiger partial charge in [0.15, 0.2) is 0 Å². The van der Waals surface area contributed by atoms with Crippen LogP contribution in [-0.2, 0) is 6.54 Å². The number of carbonyl (C=O) groups excluding carboxylic acids is 1. The van der Waals surface area contributed by atoms with Crippen molar-refractivity contribution in [3.05, 3.63) is 35.4 Å². The van der Waals surface area contributed by atoms with Gasteiger partial charge in [-0.15, -0.1) is 0 Å². The average molecular weight is 259 g/mol. The third-order valence-electron chi connectivity index (χ3n) is 2.76. The lowest BCUT2D eigenvalue weighted by Gasteiger charge is -2.19. The van der Waals surface area contributed by atoms with Gasteiger partial charge in [-0.1, -0.05) is 24.0 Å². The molecule has 0 bridgehead atoms. The Hall–Kier alpha value is -1.99. The summed E-state index contributed by atoms with van der Waals surface area (Å²) >= 11 is 0. The van der Waals surface area contributed by atoms with Gasteiger partial charge in [0.1, 0.15) is 0 Å². The van der Waals surface area contributed by atoms with Crippen LogP contribution in [0.2, 0.25) is 0 Å². The first kappa shape index (κ1) is 15.1. The first-order chi connectivity index (χ1) is 9.21. The van der Waals surface area contributed by atoms with Crippen molar-refractivity contribution in [2.45, 2.75) is 20.4 Å². The predicted octanol–water partition coefficient (Wildman–Crippen LogP) is 1.55. The van der Waals surface area contributed by atoms with Crippen molar-refractivity contribution < 1.29 is 4.79 Å². The van der Waals surface area contributed by atoms with E-state index in [0.717, 1.165) is 11.1 Å². The van der Waals surface area contributed by atoms with E-state index in [9.17, 15) is 4.79 Å². The van der Waals surface area contributed by atoms with E-state index < -0.39 is 0 Å². The van der Waals surface area contributed by atoms with Crippen LogP contribution in [0.15, 0.2) is 24.3 Å². The molecule has 0 aliphatic carbocycles. The fourth-order valence-electron chi connectivity index (χ4n) is 1.71. The first-order valence-electron chi connectivity index (χ1n) is 6.51. The minimum absolute atomic E-state index is 0.0385. The fourth-order valence-corrected chi connectivity index (χ4v) is 1.71. The van der Waals surface area contributed by atoms with Crippen molar-refractivity contribution in [1.82, 2.24) is 10.2 Å². The molecule has 1 rings (SSSR count). The molecule has 3 N–H and O–H groups in total. The molecular weight excluding hydrogens is 238 g/mol. The number of nitrogens with two attached hydrogens (primary N) is 1. The summed E-state index contributed by atoms with van der Waals surface area (Å²) in [4.78, 5) is 13.6. The lowest BCUT2D eigenvalue weighted by atomic mass is 10.1. The SMILES string of the molecule is CCN(CC)C(=O)NCc1cccc(C#CCN)c1. The van der Waals surface area contributed by atoms with Gasteiger partial charge in [-0.25, -0.2) is 4.79 Å². The molecule has 0 aromatic heterocycles. The lowest BCUT2D eigenvalue weighted by Crippen LogP contribution is -2.39. The summed E-state index contributed by atoms with van der Waals surface area (Å²) < 4.78 is 0. The first-order valence-corrected chi connectivity index (χ1v) is 6.51. The van der Waals surface area contributed by atoms with E-state index in [4.69, 9.17) is 5.73 Å². The molecule has 0 aliphatic rings. The maximum Gasteiger partial charge on any atom is 0.317 e. The zero-order valence-corrected chi connectivity index (χ0v) is 11.6. The molecule has 1 aromatic carbocycles. The van der Waals surface area contributed by atoms with E-state index in [1.165, 1.54) is 0 Å². The Morgan fingerprint density at radius 2 is 2.11 bits per heavy atom. The highest BCUT2D eigenvalue weighted by Crippen LogP contribution is 2.04. The largest absolute Gasteiger partial charge is 0.334 e. The molecule has 0 atom stereocenters. The maximum absolute atomic E-state index is 11.8. The van der Waals surface area contributed by atoms with E-state index in [2.05, 4.69) is 17.2 Å². The molecule has 19 heavy (non-hydrogen) atoms. The Balaban J connectivity index is 2.60. The standard InChI is InChI=1S/C15H21N3O/c1-3-18(4-2)15(19)17-12-14-8-5-7-13(11-14)9-6-10-16/h5,7-8,11H,3-4,10,12,16H2,1-2H3,(H,17,19). The molecule has 0 aliphatic heterocycles. The Morgan fingerprint density at radius 1 is 1.37 bits per heavy atom. The van der Waals surface area contributed by atoms with Crippen LogP contribution >= 0.6 is 0 Å². The van der Waals surface area contributed by atoms with Gasteiger partial charge in [-0.2, -0.15) is 0 Å². The Kier molecular flexibility index (Phi) is 6.48. The van der Waals surface area contributed by atoms with Crippen molar-refractivity contribution in [2.75, 3.05) is 19.6 Å². The monoisotopic (exact) mass is 259 g/mol. The average Bonchev–Trinajstić information content (AvgIpc) is 2.44. The molecular formula is C15H21N3O. The third-order valence-corrected chi connectivity index (χ3v) is 2.76. The number of nitrogens with zero attached hydrogens (tertiary/aromatic N) is 1. The number of nitrogens with one attached hydrogen (secondary N) is 1. The number of rotatable bonds is 4. The molecule has 2 amide bonds. The summed E-state index contributed by atoms with van der Waals surface area (Å²) in [5, 5.41) is 2.90. The van der Waals surface area contributed by atoms with Crippen LogP contribution in [0.25, 0.3) is 0 Å². The number of hydrogen-bond donors (Lipinski definition) is 2. The summed E-state index contributed by atoms with van der Waals surface area (Å²) in [7, 11) is 0. The van der Waals surface area contributed by atoms with Gasteiger partial charge in [0, 0.05) is 25.2 Å². The summed E-state index contributed by atoms with van der Waals surface area (Å²) in [6, 6.07) is 7.75. The van der Waals surface area contributed by atoms with Crippen molar-refractivity contribution in [1.29, 1.82) is 0 Å². The summed E-state index contributed by atoms with van der Waals surface area (Å²) in [5.74, 6) is 5.79. The topological polar surface area (TPSA) is 58.4 Å². The minimum atomic E-state index is -0.0385. The molecule has 102 valence electrons. The highest BCUT2D eigenvalue weighted by Gasteiger charge is 2.07. The lowest BCUT2D eigenvalue weighted by molar-refractivity contribution is 0.203.